The molecule has 2 aromatic rings. The second-order valence-corrected chi connectivity index (χ2v) is 5.45. The van der Waals surface area contributed by atoms with Crippen molar-refractivity contribution in [1.82, 2.24) is 9.97 Å². The molecule has 0 bridgehead atoms. The molecule has 1 aliphatic rings. The van der Waals surface area contributed by atoms with Gasteiger partial charge in [-0.2, -0.15) is 0 Å². The maximum atomic E-state index is 12.7. The number of amides is 1. The molecule has 3 rings (SSSR count). The van der Waals surface area contributed by atoms with Crippen molar-refractivity contribution in [2.45, 2.75) is 19.3 Å². The molecule has 23 heavy (non-hydrogen) atoms. The average Bonchev–Trinajstić information content (AvgIpc) is 2.55. The fraction of sp³-hybridized carbons (Fsp3) is 0.250. The van der Waals surface area contributed by atoms with E-state index in [0.29, 0.717) is 12.2 Å². The molecule has 2 heterocycles. The third-order valence-electron chi connectivity index (χ3n) is 3.97. The predicted molar refractivity (Wildman–Crippen MR) is 81.8 cm³/mol. The van der Waals surface area contributed by atoms with Crippen molar-refractivity contribution in [3.05, 3.63) is 47.5 Å². The third-order valence-corrected chi connectivity index (χ3v) is 3.97. The van der Waals surface area contributed by atoms with Crippen molar-refractivity contribution in [3.8, 4) is 5.75 Å². The Bertz CT molecular complexity index is 773. The Balaban J connectivity index is 1.98. The first-order valence-corrected chi connectivity index (χ1v) is 7.18. The number of phenols is 1. The molecule has 1 aromatic heterocycles. The Morgan fingerprint density at radius 1 is 1.22 bits per heavy atom. The van der Waals surface area contributed by atoms with Crippen molar-refractivity contribution < 1.29 is 19.8 Å². The summed E-state index contributed by atoms with van der Waals surface area (Å²) in [5.41, 5.74) is 1.20. The summed E-state index contributed by atoms with van der Waals surface area (Å²) in [5, 5.41) is 19.0. The summed E-state index contributed by atoms with van der Waals surface area (Å²) >= 11 is 0. The molecule has 0 fully saturated rings. The zero-order valence-electron chi connectivity index (χ0n) is 12.4. The fourth-order valence-electron chi connectivity index (χ4n) is 2.72. The highest BCUT2D eigenvalue weighted by molar-refractivity contribution is 6.06. The lowest BCUT2D eigenvalue weighted by Crippen LogP contribution is -2.37. The van der Waals surface area contributed by atoms with Gasteiger partial charge in [-0.25, -0.2) is 14.8 Å². The second kappa shape index (κ2) is 5.68. The second-order valence-electron chi connectivity index (χ2n) is 5.45. The van der Waals surface area contributed by atoms with E-state index in [1.54, 1.807) is 6.07 Å². The molecule has 1 aromatic carbocycles. The standard InChI is InChI=1S/C16H15N3O4/c1-9-5-6-19(14-10(9)3-2-4-13(14)20)15(21)11-7-18-12(8-17-11)16(22)23/h2-4,7-9,20H,5-6H2,1H3,(H,22,23). The number of carboxylic acids is 1. The third kappa shape index (κ3) is 2.61. The summed E-state index contributed by atoms with van der Waals surface area (Å²) in [6.07, 6.45) is 2.96. The van der Waals surface area contributed by atoms with E-state index in [1.165, 1.54) is 11.0 Å². The molecule has 7 heteroatoms. The smallest absolute Gasteiger partial charge is 0.356 e. The number of hydrogen-bond acceptors (Lipinski definition) is 5. The number of rotatable bonds is 2. The van der Waals surface area contributed by atoms with Crippen LogP contribution in [-0.2, 0) is 0 Å². The van der Waals surface area contributed by atoms with Crippen LogP contribution in [-0.4, -0.2) is 38.6 Å². The van der Waals surface area contributed by atoms with Gasteiger partial charge in [0.2, 0.25) is 0 Å². The van der Waals surface area contributed by atoms with Gasteiger partial charge in [-0.3, -0.25) is 4.79 Å². The Morgan fingerprint density at radius 2 is 1.91 bits per heavy atom. The van der Waals surface area contributed by atoms with Crippen molar-refractivity contribution in [2.24, 2.45) is 0 Å². The van der Waals surface area contributed by atoms with E-state index >= 15 is 0 Å². The number of hydrogen-bond donors (Lipinski definition) is 2. The highest BCUT2D eigenvalue weighted by atomic mass is 16.4. The van der Waals surface area contributed by atoms with Gasteiger partial charge in [-0.1, -0.05) is 19.1 Å². The van der Waals surface area contributed by atoms with Gasteiger partial charge >= 0.3 is 5.97 Å². The lowest BCUT2D eigenvalue weighted by atomic mass is 9.91. The van der Waals surface area contributed by atoms with E-state index in [2.05, 4.69) is 9.97 Å². The fourth-order valence-corrected chi connectivity index (χ4v) is 2.72. The molecule has 1 aliphatic heterocycles. The van der Waals surface area contributed by atoms with Gasteiger partial charge in [0.15, 0.2) is 5.69 Å². The maximum Gasteiger partial charge on any atom is 0.356 e. The number of anilines is 1. The van der Waals surface area contributed by atoms with E-state index in [-0.39, 0.29) is 23.1 Å². The van der Waals surface area contributed by atoms with Crippen LogP contribution in [0.5, 0.6) is 5.75 Å². The zero-order chi connectivity index (χ0) is 16.6. The number of carbonyl (C=O) groups excluding carboxylic acids is 1. The summed E-state index contributed by atoms with van der Waals surface area (Å²) in [4.78, 5) is 32.5. The quantitative estimate of drug-likeness (QED) is 0.879. The molecule has 0 saturated heterocycles. The minimum absolute atomic E-state index is 0.0394. The van der Waals surface area contributed by atoms with Crippen molar-refractivity contribution in [2.75, 3.05) is 11.4 Å². The van der Waals surface area contributed by atoms with Crippen LogP contribution in [0.3, 0.4) is 0 Å². The molecular formula is C16H15N3O4. The first kappa shape index (κ1) is 15.0. The molecule has 0 radical (unpaired) electrons. The zero-order valence-corrected chi connectivity index (χ0v) is 12.4. The number of carbonyl (C=O) groups is 2. The number of aromatic carboxylic acids is 1. The predicted octanol–water partition coefficient (Wildman–Crippen LogP) is 2.03. The summed E-state index contributed by atoms with van der Waals surface area (Å²) in [6.45, 7) is 2.49. The summed E-state index contributed by atoms with van der Waals surface area (Å²) in [6, 6.07) is 5.18. The average molecular weight is 313 g/mol. The van der Waals surface area contributed by atoms with Crippen molar-refractivity contribution in [3.63, 3.8) is 0 Å². The van der Waals surface area contributed by atoms with E-state index in [4.69, 9.17) is 5.11 Å². The Kier molecular flexibility index (Phi) is 3.69. The highest BCUT2D eigenvalue weighted by Gasteiger charge is 2.30. The van der Waals surface area contributed by atoms with E-state index < -0.39 is 11.9 Å². The normalized spacial score (nSPS) is 16.7. The number of nitrogens with zero attached hydrogens (tertiary/aromatic N) is 3. The summed E-state index contributed by atoms with van der Waals surface area (Å²) in [7, 11) is 0. The number of phenolic OH excluding ortho intramolecular Hbond substituents is 1. The van der Waals surface area contributed by atoms with Gasteiger partial charge in [0, 0.05) is 6.54 Å². The van der Waals surface area contributed by atoms with Crippen molar-refractivity contribution in [1.29, 1.82) is 0 Å². The van der Waals surface area contributed by atoms with Crippen molar-refractivity contribution >= 4 is 17.6 Å². The van der Waals surface area contributed by atoms with Gasteiger partial charge in [0.1, 0.15) is 11.4 Å². The molecule has 2 N–H and O–H groups in total. The molecule has 1 unspecified atom stereocenters. The SMILES string of the molecule is CC1CCN(C(=O)c2cnc(C(=O)O)cn2)c2c(O)cccc21. The number of aromatic nitrogens is 2. The molecule has 0 saturated carbocycles. The van der Waals surface area contributed by atoms with Crippen LogP contribution < -0.4 is 4.90 Å². The number of aromatic hydroxyl groups is 1. The topological polar surface area (TPSA) is 104 Å². The molecule has 1 amide bonds. The minimum atomic E-state index is -1.20. The lowest BCUT2D eigenvalue weighted by Gasteiger charge is -2.33. The first-order chi connectivity index (χ1) is 11.0. The molecule has 7 nitrogen and oxygen atoms in total. The number of carboxylic acid groups (broad SMARTS) is 1. The van der Waals surface area contributed by atoms with Gasteiger partial charge in [0.05, 0.1) is 18.1 Å². The molecule has 1 atom stereocenters. The number of para-hydroxylation sites is 1. The van der Waals surface area contributed by atoms with E-state index in [9.17, 15) is 14.7 Å². The Morgan fingerprint density at radius 3 is 2.57 bits per heavy atom. The van der Waals surface area contributed by atoms with Crippen LogP contribution in [0.15, 0.2) is 30.6 Å². The van der Waals surface area contributed by atoms with Gasteiger partial charge in [0.25, 0.3) is 5.91 Å². The maximum absolute atomic E-state index is 12.7. The van der Waals surface area contributed by atoms with Crippen LogP contribution in [0.2, 0.25) is 0 Å². The molecular weight excluding hydrogens is 298 g/mol. The summed E-state index contributed by atoms with van der Waals surface area (Å²) < 4.78 is 0. The Labute approximate surface area is 132 Å². The Hall–Kier alpha value is -2.96. The van der Waals surface area contributed by atoms with Crippen LogP contribution in [0.25, 0.3) is 0 Å². The monoisotopic (exact) mass is 313 g/mol. The first-order valence-electron chi connectivity index (χ1n) is 7.18. The van der Waals surface area contributed by atoms with E-state index in [0.717, 1.165) is 24.4 Å². The molecule has 0 spiro atoms. The largest absolute Gasteiger partial charge is 0.506 e. The van der Waals surface area contributed by atoms with Crippen LogP contribution >= 0.6 is 0 Å². The van der Waals surface area contributed by atoms with Crippen LogP contribution in [0, 0.1) is 0 Å². The molecule has 0 aliphatic carbocycles. The van der Waals surface area contributed by atoms with Gasteiger partial charge < -0.3 is 15.1 Å². The van der Waals surface area contributed by atoms with Gasteiger partial charge in [-0.15, -0.1) is 0 Å². The lowest BCUT2D eigenvalue weighted by molar-refractivity contribution is 0.0689. The van der Waals surface area contributed by atoms with Gasteiger partial charge in [-0.05, 0) is 24.0 Å². The molecule has 118 valence electrons. The minimum Gasteiger partial charge on any atom is -0.506 e. The highest BCUT2D eigenvalue weighted by Crippen LogP contribution is 2.41. The van der Waals surface area contributed by atoms with Crippen LogP contribution in [0.4, 0.5) is 5.69 Å². The number of benzene rings is 1. The van der Waals surface area contributed by atoms with Crippen LogP contribution in [0.1, 0.15) is 45.8 Å². The number of fused-ring (bicyclic) bond motifs is 1. The summed E-state index contributed by atoms with van der Waals surface area (Å²) in [5.74, 6) is -1.34. The van der Waals surface area contributed by atoms with E-state index in [1.807, 2.05) is 13.0 Å².